The van der Waals surface area contributed by atoms with E-state index < -0.39 is 10.0 Å². The SMILES string of the molecule is COc1ccc(N2C(=O)CCCC2=O)cc1S(=O)(=O)N1CCc2ccccc21. The molecule has 28 heavy (non-hydrogen) atoms. The predicted octanol–water partition coefficient (Wildman–Crippen LogP) is 2.49. The van der Waals surface area contributed by atoms with Gasteiger partial charge in [-0.05, 0) is 42.7 Å². The van der Waals surface area contributed by atoms with Crippen LogP contribution in [0.15, 0.2) is 47.4 Å². The Bertz CT molecular complexity index is 1050. The molecule has 1 fully saturated rings. The summed E-state index contributed by atoms with van der Waals surface area (Å²) in [5, 5.41) is 0. The fourth-order valence-corrected chi connectivity index (χ4v) is 5.41. The smallest absolute Gasteiger partial charge is 0.268 e. The first-order valence-corrected chi connectivity index (χ1v) is 10.5. The van der Waals surface area contributed by atoms with Crippen LogP contribution in [0.25, 0.3) is 0 Å². The van der Waals surface area contributed by atoms with Crippen molar-refractivity contribution in [3.8, 4) is 5.75 Å². The number of hydrogen-bond donors (Lipinski definition) is 0. The second-order valence-corrected chi connectivity index (χ2v) is 8.60. The molecular formula is C20H20N2O5S. The highest BCUT2D eigenvalue weighted by Crippen LogP contribution is 2.37. The number of carbonyl (C=O) groups is 2. The molecule has 0 aromatic heterocycles. The van der Waals surface area contributed by atoms with E-state index in [1.807, 2.05) is 12.1 Å². The summed E-state index contributed by atoms with van der Waals surface area (Å²) in [5.41, 5.74) is 1.85. The van der Waals surface area contributed by atoms with Crippen molar-refractivity contribution in [3.05, 3.63) is 48.0 Å². The summed E-state index contributed by atoms with van der Waals surface area (Å²) >= 11 is 0. The average Bonchev–Trinajstić information content (AvgIpc) is 3.13. The number of amides is 2. The fourth-order valence-electron chi connectivity index (χ4n) is 3.72. The highest BCUT2D eigenvalue weighted by Gasteiger charge is 2.35. The van der Waals surface area contributed by atoms with E-state index in [9.17, 15) is 18.0 Å². The lowest BCUT2D eigenvalue weighted by Gasteiger charge is -2.26. The van der Waals surface area contributed by atoms with Gasteiger partial charge in [-0.15, -0.1) is 0 Å². The van der Waals surface area contributed by atoms with Gasteiger partial charge in [0, 0.05) is 19.4 Å². The van der Waals surface area contributed by atoms with Gasteiger partial charge in [-0.1, -0.05) is 18.2 Å². The van der Waals surface area contributed by atoms with E-state index in [-0.39, 0.29) is 41.0 Å². The number of rotatable bonds is 4. The van der Waals surface area contributed by atoms with Crippen LogP contribution in [0.5, 0.6) is 5.75 Å². The Labute approximate surface area is 163 Å². The van der Waals surface area contributed by atoms with Gasteiger partial charge < -0.3 is 4.74 Å². The van der Waals surface area contributed by atoms with Gasteiger partial charge in [0.05, 0.1) is 18.5 Å². The minimum Gasteiger partial charge on any atom is -0.495 e. The van der Waals surface area contributed by atoms with Gasteiger partial charge in [0.1, 0.15) is 10.6 Å². The molecular weight excluding hydrogens is 380 g/mol. The number of hydrogen-bond acceptors (Lipinski definition) is 5. The van der Waals surface area contributed by atoms with Gasteiger partial charge in [0.2, 0.25) is 11.8 Å². The molecule has 0 bridgehead atoms. The molecule has 2 heterocycles. The number of imide groups is 1. The lowest BCUT2D eigenvalue weighted by atomic mass is 10.1. The summed E-state index contributed by atoms with van der Waals surface area (Å²) in [5.74, 6) is -0.474. The van der Waals surface area contributed by atoms with Crippen LogP contribution in [0, 0.1) is 0 Å². The fraction of sp³-hybridized carbons (Fsp3) is 0.300. The van der Waals surface area contributed by atoms with Crippen LogP contribution in [0.1, 0.15) is 24.8 Å². The predicted molar refractivity (Wildman–Crippen MR) is 104 cm³/mol. The molecule has 0 N–H and O–H groups in total. The topological polar surface area (TPSA) is 84.0 Å². The Hall–Kier alpha value is -2.87. The molecule has 0 atom stereocenters. The summed E-state index contributed by atoms with van der Waals surface area (Å²) in [7, 11) is -2.54. The van der Waals surface area contributed by atoms with Gasteiger partial charge in [0.15, 0.2) is 0 Å². The van der Waals surface area contributed by atoms with Crippen molar-refractivity contribution in [3.63, 3.8) is 0 Å². The van der Waals surface area contributed by atoms with Crippen LogP contribution in [0.4, 0.5) is 11.4 Å². The van der Waals surface area contributed by atoms with Crippen molar-refractivity contribution in [2.75, 3.05) is 22.9 Å². The van der Waals surface area contributed by atoms with E-state index in [2.05, 4.69) is 0 Å². The molecule has 2 aromatic carbocycles. The van der Waals surface area contributed by atoms with Gasteiger partial charge >= 0.3 is 0 Å². The van der Waals surface area contributed by atoms with Gasteiger partial charge in [-0.3, -0.25) is 18.8 Å². The van der Waals surface area contributed by atoms with Crippen LogP contribution in [0.3, 0.4) is 0 Å². The Morgan fingerprint density at radius 3 is 2.39 bits per heavy atom. The molecule has 2 aliphatic rings. The van der Waals surface area contributed by atoms with E-state index >= 15 is 0 Å². The third-order valence-electron chi connectivity index (χ3n) is 5.10. The van der Waals surface area contributed by atoms with Gasteiger partial charge in [-0.2, -0.15) is 0 Å². The van der Waals surface area contributed by atoms with E-state index in [0.717, 1.165) is 10.5 Å². The number of piperidine rings is 1. The lowest BCUT2D eigenvalue weighted by Crippen LogP contribution is -2.40. The van der Waals surface area contributed by atoms with Crippen molar-refractivity contribution >= 4 is 33.2 Å². The quantitative estimate of drug-likeness (QED) is 0.737. The Kier molecular flexibility index (Phi) is 4.58. The molecule has 0 radical (unpaired) electrons. The zero-order chi connectivity index (χ0) is 19.9. The molecule has 7 nitrogen and oxygen atoms in total. The van der Waals surface area contributed by atoms with Crippen molar-refractivity contribution in [1.82, 2.24) is 0 Å². The molecule has 0 saturated carbocycles. The normalized spacial score (nSPS) is 17.0. The summed E-state index contributed by atoms with van der Waals surface area (Å²) in [6.45, 7) is 0.330. The van der Waals surface area contributed by atoms with E-state index in [1.165, 1.54) is 29.6 Å². The monoisotopic (exact) mass is 400 g/mol. The first kappa shape index (κ1) is 18.5. The zero-order valence-electron chi connectivity index (χ0n) is 15.4. The number of sulfonamides is 1. The summed E-state index contributed by atoms with van der Waals surface area (Å²) < 4.78 is 33.5. The largest absolute Gasteiger partial charge is 0.495 e. The highest BCUT2D eigenvalue weighted by atomic mass is 32.2. The third kappa shape index (κ3) is 2.93. The maximum atomic E-state index is 13.4. The molecule has 2 aliphatic heterocycles. The second-order valence-electron chi connectivity index (χ2n) is 6.77. The first-order chi connectivity index (χ1) is 13.4. The maximum absolute atomic E-state index is 13.4. The van der Waals surface area contributed by atoms with E-state index in [0.29, 0.717) is 25.1 Å². The summed E-state index contributed by atoms with van der Waals surface area (Å²) in [6, 6.07) is 11.7. The zero-order valence-corrected chi connectivity index (χ0v) is 16.2. The van der Waals surface area contributed by atoms with Gasteiger partial charge in [0.25, 0.3) is 10.0 Å². The second kappa shape index (κ2) is 6.94. The molecule has 2 aromatic rings. The number of benzene rings is 2. The molecule has 0 aliphatic carbocycles. The van der Waals surface area contributed by atoms with Crippen LogP contribution in [-0.4, -0.2) is 33.9 Å². The van der Waals surface area contributed by atoms with Crippen LogP contribution in [-0.2, 0) is 26.0 Å². The maximum Gasteiger partial charge on any atom is 0.268 e. The number of methoxy groups -OCH3 is 1. The Balaban J connectivity index is 1.80. The third-order valence-corrected chi connectivity index (χ3v) is 6.93. The number of anilines is 2. The van der Waals surface area contributed by atoms with E-state index in [1.54, 1.807) is 12.1 Å². The molecule has 4 rings (SSSR count). The molecule has 0 unspecified atom stereocenters. The lowest BCUT2D eigenvalue weighted by molar-refractivity contribution is -0.129. The highest BCUT2D eigenvalue weighted by molar-refractivity contribution is 7.93. The Morgan fingerprint density at radius 1 is 0.964 bits per heavy atom. The van der Waals surface area contributed by atoms with E-state index in [4.69, 9.17) is 4.74 Å². The van der Waals surface area contributed by atoms with Crippen LogP contribution >= 0.6 is 0 Å². The van der Waals surface area contributed by atoms with Crippen molar-refractivity contribution in [2.24, 2.45) is 0 Å². The van der Waals surface area contributed by atoms with Crippen LogP contribution < -0.4 is 13.9 Å². The molecule has 1 saturated heterocycles. The first-order valence-electron chi connectivity index (χ1n) is 9.08. The number of nitrogens with zero attached hydrogens (tertiary/aromatic N) is 2. The standard InChI is InChI=1S/C20H20N2O5S/c1-27-17-10-9-15(22-19(23)7-4-8-20(22)24)13-18(17)28(25,26)21-12-11-14-5-2-3-6-16(14)21/h2-3,5-6,9-10,13H,4,7-8,11-12H2,1H3. The molecule has 0 spiro atoms. The van der Waals surface area contributed by atoms with Crippen LogP contribution in [0.2, 0.25) is 0 Å². The summed E-state index contributed by atoms with van der Waals surface area (Å²) in [4.78, 5) is 25.5. The Morgan fingerprint density at radius 2 is 1.68 bits per heavy atom. The molecule has 8 heteroatoms. The summed E-state index contributed by atoms with van der Waals surface area (Å²) in [6.07, 6.45) is 1.67. The molecule has 146 valence electrons. The number of fused-ring (bicyclic) bond motifs is 1. The number of para-hydroxylation sites is 1. The van der Waals surface area contributed by atoms with Crippen molar-refractivity contribution < 1.29 is 22.7 Å². The average molecular weight is 400 g/mol. The van der Waals surface area contributed by atoms with Crippen molar-refractivity contribution in [1.29, 1.82) is 0 Å². The molecule has 2 amide bonds. The number of ether oxygens (including phenoxy) is 1. The number of carbonyl (C=O) groups excluding carboxylic acids is 2. The minimum atomic E-state index is -3.93. The van der Waals surface area contributed by atoms with Crippen molar-refractivity contribution in [2.45, 2.75) is 30.6 Å². The minimum absolute atomic E-state index is 0.0598. The van der Waals surface area contributed by atoms with Gasteiger partial charge in [-0.25, -0.2) is 8.42 Å².